The maximum atomic E-state index is 12.3. The third kappa shape index (κ3) is 5.48. The van der Waals surface area contributed by atoms with Crippen molar-refractivity contribution in [2.24, 2.45) is 0 Å². The number of hydrogen-bond donors (Lipinski definition) is 3. The molecule has 0 saturated heterocycles. The van der Waals surface area contributed by atoms with Crippen LogP contribution in [-0.4, -0.2) is 16.9 Å². The lowest BCUT2D eigenvalue weighted by Gasteiger charge is -2.11. The molecule has 0 unspecified atom stereocenters. The van der Waals surface area contributed by atoms with Crippen LogP contribution in [-0.2, 0) is 0 Å². The van der Waals surface area contributed by atoms with E-state index in [4.69, 9.17) is 12.2 Å². The molecule has 3 N–H and O–H groups in total. The Morgan fingerprint density at radius 3 is 2.00 bits per heavy atom. The number of halogens is 1. The van der Waals surface area contributed by atoms with Gasteiger partial charge in [-0.2, -0.15) is 0 Å². The van der Waals surface area contributed by atoms with Crippen LogP contribution in [0.25, 0.3) is 0 Å². The molecule has 3 aromatic carbocycles. The summed E-state index contributed by atoms with van der Waals surface area (Å²) in [6.45, 7) is 0. The van der Waals surface area contributed by atoms with Crippen molar-refractivity contribution in [1.29, 1.82) is 0 Å². The molecular formula is C21H16BrN3O2S. The van der Waals surface area contributed by atoms with Crippen LogP contribution in [0.2, 0.25) is 0 Å². The molecule has 0 aromatic heterocycles. The largest absolute Gasteiger partial charge is 0.332 e. The van der Waals surface area contributed by atoms with Crippen LogP contribution in [0.4, 0.5) is 11.4 Å². The van der Waals surface area contributed by atoms with Gasteiger partial charge in [-0.05, 0) is 66.8 Å². The molecule has 0 saturated carbocycles. The Hall–Kier alpha value is -3.03. The number of amides is 2. The number of hydrogen-bond acceptors (Lipinski definition) is 3. The maximum absolute atomic E-state index is 12.3. The molecule has 0 atom stereocenters. The highest BCUT2D eigenvalue weighted by atomic mass is 79.9. The standard InChI is InChI=1S/C21H16BrN3O2S/c22-16-11-9-15(10-12-16)20(27)25-21(28)24-18-8-4-7-17(13-18)23-19(26)14-5-2-1-3-6-14/h1-13H,(H,23,26)(H2,24,25,27,28). The van der Waals surface area contributed by atoms with Crippen LogP contribution in [0.3, 0.4) is 0 Å². The summed E-state index contributed by atoms with van der Waals surface area (Å²) in [7, 11) is 0. The SMILES string of the molecule is O=C(NC(=S)Nc1cccc(NC(=O)c2ccccc2)c1)c1ccc(Br)cc1. The van der Waals surface area contributed by atoms with Gasteiger partial charge in [0.25, 0.3) is 11.8 Å². The van der Waals surface area contributed by atoms with Crippen LogP contribution >= 0.6 is 28.1 Å². The van der Waals surface area contributed by atoms with Gasteiger partial charge in [-0.3, -0.25) is 14.9 Å². The summed E-state index contributed by atoms with van der Waals surface area (Å²) in [5.41, 5.74) is 2.32. The van der Waals surface area contributed by atoms with Crippen molar-refractivity contribution in [1.82, 2.24) is 5.32 Å². The second-order valence-electron chi connectivity index (χ2n) is 5.82. The second kappa shape index (κ2) is 9.25. The molecule has 5 nitrogen and oxygen atoms in total. The summed E-state index contributed by atoms with van der Waals surface area (Å²) >= 11 is 8.53. The van der Waals surface area contributed by atoms with E-state index in [-0.39, 0.29) is 16.9 Å². The van der Waals surface area contributed by atoms with Gasteiger partial charge in [0.2, 0.25) is 0 Å². The van der Waals surface area contributed by atoms with Gasteiger partial charge in [0.1, 0.15) is 0 Å². The number of rotatable bonds is 4. The fourth-order valence-corrected chi connectivity index (χ4v) is 2.88. The van der Waals surface area contributed by atoms with Gasteiger partial charge < -0.3 is 10.6 Å². The summed E-state index contributed by atoms with van der Waals surface area (Å²) in [4.78, 5) is 24.5. The Bertz CT molecular complexity index is 1010. The predicted octanol–water partition coefficient (Wildman–Crippen LogP) is 4.83. The third-order valence-corrected chi connectivity index (χ3v) is 4.48. The molecule has 0 bridgehead atoms. The minimum atomic E-state index is -0.307. The van der Waals surface area contributed by atoms with Gasteiger partial charge in [-0.1, -0.05) is 40.2 Å². The summed E-state index contributed by atoms with van der Waals surface area (Å²) < 4.78 is 0.888. The summed E-state index contributed by atoms with van der Waals surface area (Å²) in [5, 5.41) is 8.57. The lowest BCUT2D eigenvalue weighted by molar-refractivity contribution is 0.0976. The Labute approximate surface area is 176 Å². The van der Waals surface area contributed by atoms with E-state index in [0.29, 0.717) is 22.5 Å². The molecule has 140 valence electrons. The molecule has 0 radical (unpaired) electrons. The van der Waals surface area contributed by atoms with Crippen molar-refractivity contribution < 1.29 is 9.59 Å². The number of carbonyl (C=O) groups is 2. The van der Waals surface area contributed by atoms with Crippen LogP contribution in [0, 0.1) is 0 Å². The molecule has 0 spiro atoms. The van der Waals surface area contributed by atoms with Crippen molar-refractivity contribution in [3.05, 3.63) is 94.5 Å². The van der Waals surface area contributed by atoms with Crippen LogP contribution < -0.4 is 16.0 Å². The van der Waals surface area contributed by atoms with Crippen LogP contribution in [0.1, 0.15) is 20.7 Å². The van der Waals surface area contributed by atoms with E-state index in [1.807, 2.05) is 6.07 Å². The minimum Gasteiger partial charge on any atom is -0.332 e. The van der Waals surface area contributed by atoms with Crippen LogP contribution in [0.15, 0.2) is 83.3 Å². The van der Waals surface area contributed by atoms with Crippen molar-refractivity contribution in [2.75, 3.05) is 10.6 Å². The van der Waals surface area contributed by atoms with E-state index in [9.17, 15) is 9.59 Å². The molecule has 0 heterocycles. The van der Waals surface area contributed by atoms with E-state index in [1.54, 1.807) is 72.8 Å². The summed E-state index contributed by atoms with van der Waals surface area (Å²) in [6.07, 6.45) is 0. The van der Waals surface area contributed by atoms with Gasteiger partial charge in [0, 0.05) is 27.0 Å². The summed E-state index contributed by atoms with van der Waals surface area (Å²) in [6, 6.07) is 23.0. The van der Waals surface area contributed by atoms with Gasteiger partial charge in [-0.25, -0.2) is 0 Å². The van der Waals surface area contributed by atoms with E-state index in [2.05, 4.69) is 31.9 Å². The maximum Gasteiger partial charge on any atom is 0.257 e. The molecule has 3 rings (SSSR count). The minimum absolute atomic E-state index is 0.166. The lowest BCUT2D eigenvalue weighted by Crippen LogP contribution is -2.34. The van der Waals surface area contributed by atoms with Gasteiger partial charge in [0.15, 0.2) is 5.11 Å². The lowest BCUT2D eigenvalue weighted by atomic mass is 10.2. The zero-order chi connectivity index (χ0) is 19.9. The summed E-state index contributed by atoms with van der Waals surface area (Å²) in [5.74, 6) is -0.512. The van der Waals surface area contributed by atoms with Crippen molar-refractivity contribution in [2.45, 2.75) is 0 Å². The number of anilines is 2. The molecule has 3 aromatic rings. The molecular weight excluding hydrogens is 438 g/mol. The zero-order valence-corrected chi connectivity index (χ0v) is 17.0. The normalized spacial score (nSPS) is 10.0. The van der Waals surface area contributed by atoms with E-state index in [1.165, 1.54) is 0 Å². The second-order valence-corrected chi connectivity index (χ2v) is 7.14. The first-order valence-corrected chi connectivity index (χ1v) is 9.56. The highest BCUT2D eigenvalue weighted by Gasteiger charge is 2.09. The highest BCUT2D eigenvalue weighted by Crippen LogP contribution is 2.16. The average Bonchev–Trinajstić information content (AvgIpc) is 2.69. The Morgan fingerprint density at radius 1 is 0.714 bits per heavy atom. The van der Waals surface area contributed by atoms with Gasteiger partial charge >= 0.3 is 0 Å². The number of thiocarbonyl (C=S) groups is 1. The van der Waals surface area contributed by atoms with Crippen molar-refractivity contribution >= 4 is 56.4 Å². The average molecular weight is 454 g/mol. The molecule has 0 aliphatic heterocycles. The molecule has 0 aliphatic carbocycles. The predicted molar refractivity (Wildman–Crippen MR) is 119 cm³/mol. The quantitative estimate of drug-likeness (QED) is 0.494. The topological polar surface area (TPSA) is 70.2 Å². The number of nitrogens with one attached hydrogen (secondary N) is 3. The first-order chi connectivity index (χ1) is 13.5. The van der Waals surface area contributed by atoms with Crippen molar-refractivity contribution in [3.63, 3.8) is 0 Å². The fourth-order valence-electron chi connectivity index (χ4n) is 2.41. The van der Waals surface area contributed by atoms with E-state index >= 15 is 0 Å². The molecule has 7 heteroatoms. The zero-order valence-electron chi connectivity index (χ0n) is 14.6. The molecule has 28 heavy (non-hydrogen) atoms. The number of benzene rings is 3. The Morgan fingerprint density at radius 2 is 1.32 bits per heavy atom. The highest BCUT2D eigenvalue weighted by molar-refractivity contribution is 9.10. The van der Waals surface area contributed by atoms with Crippen LogP contribution in [0.5, 0.6) is 0 Å². The van der Waals surface area contributed by atoms with E-state index < -0.39 is 0 Å². The Kier molecular flexibility index (Phi) is 6.52. The first-order valence-electron chi connectivity index (χ1n) is 8.35. The van der Waals surface area contributed by atoms with Gasteiger partial charge in [0.05, 0.1) is 0 Å². The monoisotopic (exact) mass is 453 g/mol. The Balaban J connectivity index is 1.60. The van der Waals surface area contributed by atoms with E-state index in [0.717, 1.165) is 4.47 Å². The third-order valence-electron chi connectivity index (χ3n) is 3.75. The molecule has 2 amide bonds. The molecule has 0 aliphatic rings. The smallest absolute Gasteiger partial charge is 0.257 e. The number of carbonyl (C=O) groups excluding carboxylic acids is 2. The van der Waals surface area contributed by atoms with Crippen molar-refractivity contribution in [3.8, 4) is 0 Å². The first kappa shape index (κ1) is 19.7. The molecule has 0 fully saturated rings. The van der Waals surface area contributed by atoms with Gasteiger partial charge in [-0.15, -0.1) is 0 Å². The fraction of sp³-hybridized carbons (Fsp3) is 0.